The number of nitrogens with zero attached hydrogens (tertiary/aromatic N) is 4. The first-order valence-electron chi connectivity index (χ1n) is 11.1. The first-order valence-corrected chi connectivity index (χ1v) is 11.5. The van der Waals surface area contributed by atoms with Crippen LogP contribution in [0.4, 0.5) is 0 Å². The molecule has 1 N–H and O–H groups in total. The zero-order valence-electron chi connectivity index (χ0n) is 18.0. The average molecular weight is 452 g/mol. The minimum Gasteiger partial charge on any atom is -0.474 e. The molecule has 0 spiro atoms. The second kappa shape index (κ2) is 8.90. The van der Waals surface area contributed by atoms with Crippen LogP contribution in [0.3, 0.4) is 0 Å². The summed E-state index contributed by atoms with van der Waals surface area (Å²) in [5.41, 5.74) is 2.16. The van der Waals surface area contributed by atoms with Crippen molar-refractivity contribution in [1.29, 1.82) is 0 Å². The molecule has 3 aromatic rings. The van der Waals surface area contributed by atoms with E-state index in [1.165, 1.54) is 0 Å². The molecule has 1 atom stereocenters. The van der Waals surface area contributed by atoms with E-state index in [4.69, 9.17) is 16.3 Å². The number of hydrogen-bond donors (Lipinski definition) is 1. The monoisotopic (exact) mass is 451 g/mol. The van der Waals surface area contributed by atoms with Crippen LogP contribution in [0.5, 0.6) is 5.88 Å². The highest BCUT2D eigenvalue weighted by Gasteiger charge is 2.32. The largest absolute Gasteiger partial charge is 0.474 e. The van der Waals surface area contributed by atoms with Crippen LogP contribution in [-0.2, 0) is 17.6 Å². The standard InChI is InChI=1S/C24H26ClN5O2/c1-15(31)27-19-13-17-12-18(25)7-10-21(17)30-22(14-19)28-29-24(30)16-5-8-20(9-6-16)32-23-4-2-3-11-26-23/h2-4,7,10-12,16,19-20H,5-6,8-9,13-14H2,1H3,(H,27,31)/t16?,19-,20?/m0/s1. The molecule has 2 aromatic heterocycles. The van der Waals surface area contributed by atoms with Gasteiger partial charge in [-0.1, -0.05) is 17.7 Å². The number of hydrogen-bond acceptors (Lipinski definition) is 5. The third-order valence-electron chi connectivity index (χ3n) is 6.30. The topological polar surface area (TPSA) is 81.9 Å². The Morgan fingerprint density at radius 2 is 1.97 bits per heavy atom. The molecule has 1 aromatic carbocycles. The maximum atomic E-state index is 11.7. The number of fused-ring (bicyclic) bond motifs is 3. The molecule has 3 heterocycles. The third kappa shape index (κ3) is 4.35. The molecule has 0 bridgehead atoms. The molecule has 2 aliphatic rings. The number of carbonyl (C=O) groups excluding carboxylic acids is 1. The smallest absolute Gasteiger partial charge is 0.217 e. The van der Waals surface area contributed by atoms with Crippen molar-refractivity contribution < 1.29 is 9.53 Å². The molecular weight excluding hydrogens is 426 g/mol. The van der Waals surface area contributed by atoms with Gasteiger partial charge in [0.05, 0.1) is 5.69 Å². The van der Waals surface area contributed by atoms with Crippen LogP contribution >= 0.6 is 11.6 Å². The van der Waals surface area contributed by atoms with Gasteiger partial charge in [-0.15, -0.1) is 10.2 Å². The number of pyridine rings is 1. The molecule has 32 heavy (non-hydrogen) atoms. The van der Waals surface area contributed by atoms with E-state index in [-0.39, 0.29) is 18.1 Å². The fourth-order valence-corrected chi connectivity index (χ4v) is 5.09. The molecule has 7 nitrogen and oxygen atoms in total. The van der Waals surface area contributed by atoms with E-state index in [1.807, 2.05) is 36.4 Å². The average Bonchev–Trinajstić information content (AvgIpc) is 3.11. The Morgan fingerprint density at radius 3 is 2.72 bits per heavy atom. The predicted octanol–water partition coefficient (Wildman–Crippen LogP) is 4.02. The van der Waals surface area contributed by atoms with Crippen LogP contribution in [0.1, 0.15) is 55.7 Å². The molecule has 1 saturated carbocycles. The van der Waals surface area contributed by atoms with Crippen molar-refractivity contribution in [3.8, 4) is 11.6 Å². The molecule has 1 aliphatic heterocycles. The maximum absolute atomic E-state index is 11.7. The van der Waals surface area contributed by atoms with Crippen LogP contribution in [0.15, 0.2) is 42.6 Å². The van der Waals surface area contributed by atoms with Crippen LogP contribution < -0.4 is 10.1 Å². The van der Waals surface area contributed by atoms with E-state index in [1.54, 1.807) is 13.1 Å². The Bertz CT molecular complexity index is 1110. The number of ether oxygens (including phenoxy) is 1. The summed E-state index contributed by atoms with van der Waals surface area (Å²) in [5.74, 6) is 2.82. The second-order valence-corrected chi connectivity index (χ2v) is 9.08. The van der Waals surface area contributed by atoms with Crippen LogP contribution in [-0.4, -0.2) is 37.8 Å². The number of aromatic nitrogens is 4. The lowest BCUT2D eigenvalue weighted by Gasteiger charge is -2.28. The predicted molar refractivity (Wildman–Crippen MR) is 121 cm³/mol. The van der Waals surface area contributed by atoms with Crippen LogP contribution in [0.25, 0.3) is 5.69 Å². The van der Waals surface area contributed by atoms with Crippen molar-refractivity contribution in [2.45, 2.75) is 63.5 Å². The Morgan fingerprint density at radius 1 is 1.12 bits per heavy atom. The Labute approximate surface area is 192 Å². The summed E-state index contributed by atoms with van der Waals surface area (Å²) in [4.78, 5) is 16.0. The Balaban J connectivity index is 1.39. The summed E-state index contributed by atoms with van der Waals surface area (Å²) in [7, 11) is 0. The van der Waals surface area contributed by atoms with Crippen LogP contribution in [0.2, 0.25) is 5.02 Å². The maximum Gasteiger partial charge on any atom is 0.217 e. The van der Waals surface area contributed by atoms with Crippen molar-refractivity contribution in [3.63, 3.8) is 0 Å². The van der Waals surface area contributed by atoms with E-state index in [0.29, 0.717) is 29.7 Å². The normalized spacial score (nSPS) is 22.4. The summed E-state index contributed by atoms with van der Waals surface area (Å²) in [6, 6.07) is 11.6. The quantitative estimate of drug-likeness (QED) is 0.647. The van der Waals surface area contributed by atoms with Crippen molar-refractivity contribution >= 4 is 17.5 Å². The summed E-state index contributed by atoms with van der Waals surface area (Å²) in [5, 5.41) is 12.9. The molecule has 166 valence electrons. The number of nitrogens with one attached hydrogen (secondary N) is 1. The van der Waals surface area contributed by atoms with Gasteiger partial charge in [-0.2, -0.15) is 0 Å². The number of amides is 1. The highest BCUT2D eigenvalue weighted by molar-refractivity contribution is 6.30. The van der Waals surface area contributed by atoms with Crippen molar-refractivity contribution in [2.75, 3.05) is 0 Å². The van der Waals surface area contributed by atoms with E-state index in [0.717, 1.165) is 48.6 Å². The van der Waals surface area contributed by atoms with Gasteiger partial charge < -0.3 is 10.1 Å². The SMILES string of the molecule is CC(=O)N[C@H]1Cc2cc(Cl)ccc2-n2c(nnc2C2CCC(Oc3ccccn3)CC2)C1. The molecular formula is C24H26ClN5O2. The van der Waals surface area contributed by atoms with Gasteiger partial charge in [0.2, 0.25) is 11.8 Å². The zero-order valence-corrected chi connectivity index (χ0v) is 18.8. The van der Waals surface area contributed by atoms with Crippen molar-refractivity contribution in [1.82, 2.24) is 25.1 Å². The van der Waals surface area contributed by atoms with E-state index in [9.17, 15) is 4.79 Å². The molecule has 0 saturated heterocycles. The van der Waals surface area contributed by atoms with Crippen molar-refractivity contribution in [3.05, 3.63) is 64.8 Å². The molecule has 0 radical (unpaired) electrons. The highest BCUT2D eigenvalue weighted by atomic mass is 35.5. The fourth-order valence-electron chi connectivity index (χ4n) is 4.90. The lowest BCUT2D eigenvalue weighted by molar-refractivity contribution is -0.119. The molecule has 8 heteroatoms. The minimum absolute atomic E-state index is 0.0366. The summed E-state index contributed by atoms with van der Waals surface area (Å²) < 4.78 is 8.26. The lowest BCUT2D eigenvalue weighted by atomic mass is 9.86. The fraction of sp³-hybridized carbons (Fsp3) is 0.417. The van der Waals surface area contributed by atoms with Gasteiger partial charge in [-0.3, -0.25) is 9.36 Å². The second-order valence-electron chi connectivity index (χ2n) is 8.65. The van der Waals surface area contributed by atoms with Gasteiger partial charge in [0.25, 0.3) is 0 Å². The number of halogens is 1. The summed E-state index contributed by atoms with van der Waals surface area (Å²) in [6.45, 7) is 1.55. The molecule has 1 amide bonds. The van der Waals surface area contributed by atoms with E-state index < -0.39 is 0 Å². The number of rotatable bonds is 4. The van der Waals surface area contributed by atoms with Gasteiger partial charge in [0.1, 0.15) is 17.8 Å². The molecule has 0 unspecified atom stereocenters. The lowest BCUT2D eigenvalue weighted by Crippen LogP contribution is -2.36. The minimum atomic E-state index is -0.0435. The Hall–Kier alpha value is -2.93. The van der Waals surface area contributed by atoms with Gasteiger partial charge in [-0.25, -0.2) is 4.98 Å². The van der Waals surface area contributed by atoms with E-state index >= 15 is 0 Å². The van der Waals surface area contributed by atoms with Gasteiger partial charge >= 0.3 is 0 Å². The highest BCUT2D eigenvalue weighted by Crippen LogP contribution is 2.37. The first kappa shape index (κ1) is 20.9. The first-order chi connectivity index (χ1) is 15.6. The zero-order chi connectivity index (χ0) is 22.1. The number of benzene rings is 1. The number of carbonyl (C=O) groups is 1. The van der Waals surface area contributed by atoms with Crippen molar-refractivity contribution in [2.24, 2.45) is 0 Å². The molecule has 5 rings (SSSR count). The van der Waals surface area contributed by atoms with Gasteiger partial charge in [-0.05, 0) is 61.9 Å². The summed E-state index contributed by atoms with van der Waals surface area (Å²) in [6.07, 6.45) is 7.13. The van der Waals surface area contributed by atoms with E-state index in [2.05, 4.69) is 25.1 Å². The van der Waals surface area contributed by atoms with Gasteiger partial charge in [0.15, 0.2) is 0 Å². The summed E-state index contributed by atoms with van der Waals surface area (Å²) >= 11 is 6.31. The van der Waals surface area contributed by atoms with Crippen LogP contribution in [0, 0.1) is 0 Å². The van der Waals surface area contributed by atoms with Gasteiger partial charge in [0, 0.05) is 42.6 Å². The third-order valence-corrected chi connectivity index (χ3v) is 6.54. The molecule has 1 fully saturated rings. The molecule has 1 aliphatic carbocycles. The Kier molecular flexibility index (Phi) is 5.83.